The van der Waals surface area contributed by atoms with E-state index >= 15 is 0 Å². The lowest BCUT2D eigenvalue weighted by atomic mass is 10.2. The van der Waals surface area contributed by atoms with E-state index < -0.39 is 6.04 Å². The van der Waals surface area contributed by atoms with Crippen molar-refractivity contribution in [3.05, 3.63) is 26.9 Å². The van der Waals surface area contributed by atoms with Crippen molar-refractivity contribution in [1.82, 2.24) is 14.5 Å². The summed E-state index contributed by atoms with van der Waals surface area (Å²) >= 11 is 17.4. The first kappa shape index (κ1) is 16.3. The molecule has 0 radical (unpaired) electrons. The molecule has 1 heterocycles. The molecule has 0 saturated heterocycles. The molecule has 21 heavy (non-hydrogen) atoms. The third-order valence-corrected chi connectivity index (χ3v) is 4.60. The molecule has 4 nitrogen and oxygen atoms in total. The molecule has 0 fully saturated rings. The third kappa shape index (κ3) is 2.96. The maximum atomic E-state index is 12.5. The smallest absolute Gasteiger partial charge is 0.245 e. The molecule has 1 amide bonds. The van der Waals surface area contributed by atoms with Crippen LogP contribution in [0.3, 0.4) is 0 Å². The average molecular weight is 346 g/mol. The number of nitrogens with zero attached hydrogens (tertiary/aromatic N) is 2. The SMILES string of the molecule is CCN(CC)C(=O)C(C)n1c(=S)[nH]c2cc(Cl)c(Cl)cc21. The Balaban J connectivity index is 2.56. The minimum absolute atomic E-state index is 0.0306. The van der Waals surface area contributed by atoms with Crippen LogP contribution in [0.15, 0.2) is 12.1 Å². The van der Waals surface area contributed by atoms with Crippen molar-refractivity contribution in [2.24, 2.45) is 0 Å². The number of carbonyl (C=O) groups excluding carboxylic acids is 1. The van der Waals surface area contributed by atoms with Crippen LogP contribution in [0.5, 0.6) is 0 Å². The second-order valence-corrected chi connectivity index (χ2v) is 5.97. The van der Waals surface area contributed by atoms with Gasteiger partial charge in [-0.2, -0.15) is 0 Å². The summed E-state index contributed by atoms with van der Waals surface area (Å²) < 4.78 is 2.27. The van der Waals surface area contributed by atoms with Gasteiger partial charge >= 0.3 is 0 Å². The minimum atomic E-state index is -0.400. The number of aromatic amines is 1. The Hall–Kier alpha value is -1.04. The van der Waals surface area contributed by atoms with Gasteiger partial charge in [-0.25, -0.2) is 0 Å². The molecule has 0 aliphatic heterocycles. The number of hydrogen-bond donors (Lipinski definition) is 1. The second-order valence-electron chi connectivity index (χ2n) is 4.77. The van der Waals surface area contributed by atoms with E-state index in [1.54, 1.807) is 21.6 Å². The van der Waals surface area contributed by atoms with E-state index in [0.717, 1.165) is 11.0 Å². The lowest BCUT2D eigenvalue weighted by Gasteiger charge is -2.24. The molecule has 0 aliphatic carbocycles. The maximum absolute atomic E-state index is 12.5. The van der Waals surface area contributed by atoms with Gasteiger partial charge in [0.05, 0.1) is 21.1 Å². The molecule has 1 aromatic heterocycles. The first-order chi connectivity index (χ1) is 9.90. The molecule has 1 N–H and O–H groups in total. The highest BCUT2D eigenvalue weighted by molar-refractivity contribution is 7.71. The zero-order valence-electron chi connectivity index (χ0n) is 12.1. The quantitative estimate of drug-likeness (QED) is 0.832. The normalized spacial score (nSPS) is 12.6. The molecule has 7 heteroatoms. The van der Waals surface area contributed by atoms with Crippen LogP contribution in [0, 0.1) is 4.77 Å². The molecule has 0 aliphatic rings. The van der Waals surface area contributed by atoms with Crippen molar-refractivity contribution in [2.45, 2.75) is 26.8 Å². The Labute approximate surface area is 138 Å². The van der Waals surface area contributed by atoms with Crippen molar-refractivity contribution in [1.29, 1.82) is 0 Å². The monoisotopic (exact) mass is 345 g/mol. The van der Waals surface area contributed by atoms with Crippen molar-refractivity contribution in [3.8, 4) is 0 Å². The Kier molecular flexibility index (Phi) is 4.96. The van der Waals surface area contributed by atoms with Gasteiger partial charge in [-0.15, -0.1) is 0 Å². The van der Waals surface area contributed by atoms with Crippen LogP contribution in [-0.4, -0.2) is 33.4 Å². The summed E-state index contributed by atoms with van der Waals surface area (Å²) in [6, 6.07) is 3.06. The minimum Gasteiger partial charge on any atom is -0.341 e. The lowest BCUT2D eigenvalue weighted by molar-refractivity contribution is -0.133. The van der Waals surface area contributed by atoms with Gasteiger partial charge in [0.1, 0.15) is 6.04 Å². The molecule has 0 saturated carbocycles. The molecule has 2 rings (SSSR count). The molecule has 0 bridgehead atoms. The highest BCUT2D eigenvalue weighted by Crippen LogP contribution is 2.29. The summed E-state index contributed by atoms with van der Waals surface area (Å²) in [5.74, 6) is 0.0306. The number of rotatable bonds is 4. The van der Waals surface area contributed by atoms with Gasteiger partial charge < -0.3 is 14.5 Å². The molecular formula is C14H17Cl2N3OS. The summed E-state index contributed by atoms with van der Waals surface area (Å²) in [6.45, 7) is 7.09. The van der Waals surface area contributed by atoms with E-state index in [1.807, 2.05) is 20.8 Å². The number of aromatic nitrogens is 2. The molecule has 114 valence electrons. The number of fused-ring (bicyclic) bond motifs is 1. The summed E-state index contributed by atoms with van der Waals surface area (Å²) in [4.78, 5) is 17.4. The van der Waals surface area contributed by atoms with Gasteiger partial charge in [0.25, 0.3) is 0 Å². The second kappa shape index (κ2) is 6.38. The van der Waals surface area contributed by atoms with E-state index in [9.17, 15) is 4.79 Å². The topological polar surface area (TPSA) is 41.0 Å². The van der Waals surface area contributed by atoms with Gasteiger partial charge in [-0.05, 0) is 45.1 Å². The molecule has 1 unspecified atom stereocenters. The van der Waals surface area contributed by atoms with Gasteiger partial charge in [-0.3, -0.25) is 4.79 Å². The molecule has 2 aromatic rings. The predicted molar refractivity (Wildman–Crippen MR) is 89.8 cm³/mol. The number of imidazole rings is 1. The summed E-state index contributed by atoms with van der Waals surface area (Å²) in [6.07, 6.45) is 0. The van der Waals surface area contributed by atoms with Crippen molar-refractivity contribution < 1.29 is 4.79 Å². The average Bonchev–Trinajstić information content (AvgIpc) is 2.75. The lowest BCUT2D eigenvalue weighted by Crippen LogP contribution is -2.36. The molecule has 1 aromatic carbocycles. The Morgan fingerprint density at radius 3 is 2.48 bits per heavy atom. The van der Waals surface area contributed by atoms with Crippen LogP contribution in [-0.2, 0) is 4.79 Å². The van der Waals surface area contributed by atoms with Crippen LogP contribution in [0.25, 0.3) is 11.0 Å². The molecular weight excluding hydrogens is 329 g/mol. The Morgan fingerprint density at radius 1 is 1.33 bits per heavy atom. The number of halogens is 2. The number of amides is 1. The zero-order valence-corrected chi connectivity index (χ0v) is 14.4. The van der Waals surface area contributed by atoms with E-state index in [2.05, 4.69) is 4.98 Å². The fourth-order valence-electron chi connectivity index (χ4n) is 2.42. The van der Waals surface area contributed by atoms with Gasteiger partial charge in [0.15, 0.2) is 4.77 Å². The number of benzene rings is 1. The Bertz CT molecular complexity index is 734. The summed E-state index contributed by atoms with van der Waals surface area (Å²) in [5.41, 5.74) is 1.55. The number of likely N-dealkylation sites (N-methyl/N-ethyl adjacent to an activating group) is 1. The van der Waals surface area contributed by atoms with E-state index in [4.69, 9.17) is 35.4 Å². The predicted octanol–water partition coefficient (Wildman–Crippen LogP) is 4.44. The van der Waals surface area contributed by atoms with Gasteiger partial charge in [0.2, 0.25) is 5.91 Å². The van der Waals surface area contributed by atoms with Crippen LogP contribution in [0.4, 0.5) is 0 Å². The summed E-state index contributed by atoms with van der Waals surface area (Å²) in [7, 11) is 0. The molecule has 0 spiro atoms. The van der Waals surface area contributed by atoms with Gasteiger partial charge in [0, 0.05) is 13.1 Å². The zero-order chi connectivity index (χ0) is 15.7. The van der Waals surface area contributed by atoms with E-state index in [0.29, 0.717) is 27.9 Å². The number of H-pyrrole nitrogens is 1. The van der Waals surface area contributed by atoms with E-state index in [1.165, 1.54) is 0 Å². The fraction of sp³-hybridized carbons (Fsp3) is 0.429. The number of carbonyl (C=O) groups is 1. The van der Waals surface area contributed by atoms with Crippen LogP contribution >= 0.6 is 35.4 Å². The maximum Gasteiger partial charge on any atom is 0.245 e. The highest BCUT2D eigenvalue weighted by Gasteiger charge is 2.22. The van der Waals surface area contributed by atoms with Crippen LogP contribution < -0.4 is 0 Å². The van der Waals surface area contributed by atoms with Crippen molar-refractivity contribution in [2.75, 3.05) is 13.1 Å². The number of hydrogen-bond acceptors (Lipinski definition) is 2. The number of nitrogens with one attached hydrogen (secondary N) is 1. The van der Waals surface area contributed by atoms with Gasteiger partial charge in [-0.1, -0.05) is 23.2 Å². The van der Waals surface area contributed by atoms with Crippen LogP contribution in [0.1, 0.15) is 26.8 Å². The van der Waals surface area contributed by atoms with Crippen LogP contribution in [0.2, 0.25) is 10.0 Å². The largest absolute Gasteiger partial charge is 0.341 e. The first-order valence-corrected chi connectivity index (χ1v) is 7.95. The fourth-order valence-corrected chi connectivity index (χ4v) is 3.10. The first-order valence-electron chi connectivity index (χ1n) is 6.78. The highest BCUT2D eigenvalue weighted by atomic mass is 35.5. The summed E-state index contributed by atoms with van der Waals surface area (Å²) in [5, 5.41) is 0.893. The van der Waals surface area contributed by atoms with Crippen molar-refractivity contribution >= 4 is 52.4 Å². The van der Waals surface area contributed by atoms with Crippen molar-refractivity contribution in [3.63, 3.8) is 0 Å². The molecule has 1 atom stereocenters. The third-order valence-electron chi connectivity index (χ3n) is 3.58. The standard InChI is InChI=1S/C14H17Cl2N3OS/c1-4-18(5-2)13(20)8(3)19-12-7-10(16)9(15)6-11(12)17-14(19)21/h6-8H,4-5H2,1-3H3,(H,17,21). The van der Waals surface area contributed by atoms with E-state index in [-0.39, 0.29) is 5.91 Å². The Morgan fingerprint density at radius 2 is 1.90 bits per heavy atom.